The topological polar surface area (TPSA) is 41.5 Å². The highest BCUT2D eigenvalue weighted by atomic mass is 16.2. The van der Waals surface area contributed by atoms with E-state index in [1.807, 2.05) is 6.92 Å². The van der Waals surface area contributed by atoms with Crippen LogP contribution in [0.1, 0.15) is 20.3 Å². The first-order valence-electron chi connectivity index (χ1n) is 4.08. The van der Waals surface area contributed by atoms with Crippen molar-refractivity contribution in [1.29, 1.82) is 0 Å². The van der Waals surface area contributed by atoms with Crippen molar-refractivity contribution in [2.45, 2.75) is 20.3 Å². The zero-order valence-electron chi connectivity index (χ0n) is 7.05. The fourth-order valence-electron chi connectivity index (χ4n) is 1.08. The molecule has 11 heavy (non-hydrogen) atoms. The molecule has 3 nitrogen and oxygen atoms in total. The molecule has 62 valence electrons. The van der Waals surface area contributed by atoms with Crippen LogP contribution in [0.25, 0.3) is 0 Å². The molecule has 0 radical (unpaired) electrons. The standard InChI is InChI=1S/C8H14N2O/c1-3-6(2)7-8(11)10-5-4-9-7/h6H,3-5H2,1-2H3,(H,10,11)/t6-/m0/s1. The number of aliphatic imine (C=N–C) groups is 1. The number of carbonyl (C=O) groups is 1. The van der Waals surface area contributed by atoms with E-state index in [9.17, 15) is 4.79 Å². The molecule has 0 saturated heterocycles. The van der Waals surface area contributed by atoms with Crippen LogP contribution < -0.4 is 5.32 Å². The van der Waals surface area contributed by atoms with Gasteiger partial charge in [-0.2, -0.15) is 0 Å². The first kappa shape index (κ1) is 8.24. The second-order valence-corrected chi connectivity index (χ2v) is 2.83. The Hall–Kier alpha value is -0.860. The Morgan fingerprint density at radius 1 is 1.73 bits per heavy atom. The molecule has 3 heteroatoms. The third-order valence-corrected chi connectivity index (χ3v) is 1.99. The predicted octanol–water partition coefficient (Wildman–Crippen LogP) is 0.603. The molecule has 0 aliphatic carbocycles. The number of nitrogens with zero attached hydrogens (tertiary/aromatic N) is 1. The van der Waals surface area contributed by atoms with E-state index in [0.717, 1.165) is 18.7 Å². The van der Waals surface area contributed by atoms with Gasteiger partial charge >= 0.3 is 0 Å². The summed E-state index contributed by atoms with van der Waals surface area (Å²) in [5, 5.41) is 2.78. The summed E-state index contributed by atoms with van der Waals surface area (Å²) in [5.41, 5.74) is 0.721. The van der Waals surface area contributed by atoms with Gasteiger partial charge in [-0.15, -0.1) is 0 Å². The molecule has 1 heterocycles. The van der Waals surface area contributed by atoms with Gasteiger partial charge in [0, 0.05) is 12.5 Å². The van der Waals surface area contributed by atoms with Crippen LogP contribution in [-0.2, 0) is 4.79 Å². The van der Waals surface area contributed by atoms with E-state index < -0.39 is 0 Å². The SMILES string of the molecule is CC[C@H](C)C1=NCCNC1=O. The molecule has 0 aromatic carbocycles. The Balaban J connectivity index is 2.67. The van der Waals surface area contributed by atoms with Crippen LogP contribution in [0.2, 0.25) is 0 Å². The maximum absolute atomic E-state index is 11.2. The number of carbonyl (C=O) groups excluding carboxylic acids is 1. The van der Waals surface area contributed by atoms with Crippen molar-refractivity contribution in [2.75, 3.05) is 13.1 Å². The molecule has 0 saturated carbocycles. The molecule has 1 atom stereocenters. The summed E-state index contributed by atoms with van der Waals surface area (Å²) in [7, 11) is 0. The number of amides is 1. The maximum atomic E-state index is 11.2. The maximum Gasteiger partial charge on any atom is 0.265 e. The monoisotopic (exact) mass is 154 g/mol. The highest BCUT2D eigenvalue weighted by Gasteiger charge is 2.19. The van der Waals surface area contributed by atoms with Gasteiger partial charge in [0.05, 0.1) is 6.54 Å². The van der Waals surface area contributed by atoms with Gasteiger partial charge in [-0.25, -0.2) is 0 Å². The summed E-state index contributed by atoms with van der Waals surface area (Å²) in [6, 6.07) is 0. The Morgan fingerprint density at radius 2 is 2.45 bits per heavy atom. The van der Waals surface area contributed by atoms with Gasteiger partial charge in [0.2, 0.25) is 0 Å². The molecule has 1 rings (SSSR count). The van der Waals surface area contributed by atoms with E-state index in [1.54, 1.807) is 0 Å². The van der Waals surface area contributed by atoms with E-state index in [-0.39, 0.29) is 5.91 Å². The summed E-state index contributed by atoms with van der Waals surface area (Å²) in [5.74, 6) is 0.320. The lowest BCUT2D eigenvalue weighted by atomic mass is 10.0. The van der Waals surface area contributed by atoms with Crippen molar-refractivity contribution < 1.29 is 4.79 Å². The highest BCUT2D eigenvalue weighted by molar-refractivity contribution is 6.39. The second kappa shape index (κ2) is 3.51. The molecule has 0 fully saturated rings. The highest BCUT2D eigenvalue weighted by Crippen LogP contribution is 2.05. The number of nitrogens with one attached hydrogen (secondary N) is 1. The van der Waals surface area contributed by atoms with Gasteiger partial charge in [-0.05, 0) is 6.42 Å². The van der Waals surface area contributed by atoms with Crippen molar-refractivity contribution in [3.63, 3.8) is 0 Å². The fraction of sp³-hybridized carbons (Fsp3) is 0.750. The average Bonchev–Trinajstić information content (AvgIpc) is 2.04. The van der Waals surface area contributed by atoms with Gasteiger partial charge in [-0.3, -0.25) is 9.79 Å². The molecule has 0 bridgehead atoms. The van der Waals surface area contributed by atoms with Gasteiger partial charge < -0.3 is 5.32 Å². The van der Waals surface area contributed by atoms with Gasteiger partial charge in [0.1, 0.15) is 5.71 Å². The second-order valence-electron chi connectivity index (χ2n) is 2.83. The Labute approximate surface area is 66.9 Å². The first-order chi connectivity index (χ1) is 5.25. The molecular weight excluding hydrogens is 140 g/mol. The number of rotatable bonds is 2. The summed E-state index contributed by atoms with van der Waals surface area (Å²) in [6.07, 6.45) is 0.978. The normalized spacial score (nSPS) is 20.5. The van der Waals surface area contributed by atoms with E-state index >= 15 is 0 Å². The molecule has 0 unspecified atom stereocenters. The minimum Gasteiger partial charge on any atom is -0.349 e. The predicted molar refractivity (Wildman–Crippen MR) is 44.8 cm³/mol. The summed E-state index contributed by atoms with van der Waals surface area (Å²) in [4.78, 5) is 15.3. The van der Waals surface area contributed by atoms with Crippen LogP contribution in [0.15, 0.2) is 4.99 Å². The average molecular weight is 154 g/mol. The summed E-state index contributed by atoms with van der Waals surface area (Å²) >= 11 is 0. The molecule has 0 aromatic rings. The molecule has 1 aliphatic heterocycles. The van der Waals surface area contributed by atoms with Crippen molar-refractivity contribution in [3.8, 4) is 0 Å². The van der Waals surface area contributed by atoms with Crippen molar-refractivity contribution >= 4 is 11.6 Å². The molecule has 1 amide bonds. The summed E-state index contributed by atoms with van der Waals surface area (Å²) in [6.45, 7) is 5.53. The van der Waals surface area contributed by atoms with Gasteiger partial charge in [0.15, 0.2) is 0 Å². The van der Waals surface area contributed by atoms with Crippen molar-refractivity contribution in [1.82, 2.24) is 5.32 Å². The molecule has 1 aliphatic rings. The zero-order valence-corrected chi connectivity index (χ0v) is 7.05. The molecule has 0 spiro atoms. The van der Waals surface area contributed by atoms with Crippen LogP contribution in [0.5, 0.6) is 0 Å². The Morgan fingerprint density at radius 3 is 3.00 bits per heavy atom. The summed E-state index contributed by atoms with van der Waals surface area (Å²) < 4.78 is 0. The Bertz CT molecular complexity index is 187. The van der Waals surface area contributed by atoms with Gasteiger partial charge in [0.25, 0.3) is 5.91 Å². The van der Waals surface area contributed by atoms with Gasteiger partial charge in [-0.1, -0.05) is 13.8 Å². The lowest BCUT2D eigenvalue weighted by Crippen LogP contribution is -2.40. The first-order valence-corrected chi connectivity index (χ1v) is 4.08. The largest absolute Gasteiger partial charge is 0.349 e. The van der Waals surface area contributed by atoms with E-state index in [0.29, 0.717) is 12.5 Å². The van der Waals surface area contributed by atoms with Crippen LogP contribution in [0, 0.1) is 5.92 Å². The van der Waals surface area contributed by atoms with Crippen molar-refractivity contribution in [2.24, 2.45) is 10.9 Å². The molecular formula is C8H14N2O. The smallest absolute Gasteiger partial charge is 0.265 e. The fourth-order valence-corrected chi connectivity index (χ4v) is 1.08. The number of hydrogen-bond donors (Lipinski definition) is 1. The van der Waals surface area contributed by atoms with Crippen molar-refractivity contribution in [3.05, 3.63) is 0 Å². The zero-order chi connectivity index (χ0) is 8.27. The number of hydrogen-bond acceptors (Lipinski definition) is 2. The molecule has 0 aromatic heterocycles. The quantitative estimate of drug-likeness (QED) is 0.622. The van der Waals surface area contributed by atoms with E-state index in [1.165, 1.54) is 0 Å². The Kier molecular flexibility index (Phi) is 2.63. The van der Waals surface area contributed by atoms with Crippen LogP contribution >= 0.6 is 0 Å². The minimum atomic E-state index is 0.0191. The lowest BCUT2D eigenvalue weighted by Gasteiger charge is -2.16. The van der Waals surface area contributed by atoms with Crippen LogP contribution in [0.3, 0.4) is 0 Å². The third-order valence-electron chi connectivity index (χ3n) is 1.99. The van der Waals surface area contributed by atoms with Crippen LogP contribution in [0.4, 0.5) is 0 Å². The molecule has 1 N–H and O–H groups in total. The van der Waals surface area contributed by atoms with Crippen LogP contribution in [-0.4, -0.2) is 24.7 Å². The minimum absolute atomic E-state index is 0.0191. The van der Waals surface area contributed by atoms with E-state index in [2.05, 4.69) is 17.2 Å². The van der Waals surface area contributed by atoms with E-state index in [4.69, 9.17) is 0 Å². The lowest BCUT2D eigenvalue weighted by molar-refractivity contribution is -0.115. The third kappa shape index (κ3) is 1.79.